The lowest BCUT2D eigenvalue weighted by molar-refractivity contribution is -0.153. The molecule has 0 aliphatic heterocycles. The lowest BCUT2D eigenvalue weighted by Crippen LogP contribution is -2.20. The van der Waals surface area contributed by atoms with E-state index < -0.39 is 24.5 Å². The molecule has 0 unspecified atom stereocenters. The molecule has 24 heavy (non-hydrogen) atoms. The predicted molar refractivity (Wildman–Crippen MR) is 82.1 cm³/mol. The predicted octanol–water partition coefficient (Wildman–Crippen LogP) is 4.42. The zero-order chi connectivity index (χ0) is 17.6. The highest BCUT2D eigenvalue weighted by atomic mass is 19.4. The number of ether oxygens (including phenoxy) is 1. The van der Waals surface area contributed by atoms with Crippen LogP contribution in [0.4, 0.5) is 23.2 Å². The van der Waals surface area contributed by atoms with Crippen LogP contribution < -0.4 is 10.1 Å². The van der Waals surface area contributed by atoms with Crippen molar-refractivity contribution in [2.45, 2.75) is 6.18 Å². The number of halogens is 4. The van der Waals surface area contributed by atoms with Crippen LogP contribution in [-0.4, -0.2) is 18.7 Å². The molecule has 2 aromatic rings. The summed E-state index contributed by atoms with van der Waals surface area (Å²) in [5.41, 5.74) is 0.586. The van der Waals surface area contributed by atoms with Crippen molar-refractivity contribution < 1.29 is 27.1 Å². The molecule has 0 radical (unpaired) electrons. The Kier molecular flexibility index (Phi) is 5.57. The van der Waals surface area contributed by atoms with E-state index in [0.717, 1.165) is 6.08 Å². The number of amides is 1. The third kappa shape index (κ3) is 5.75. The maximum Gasteiger partial charge on any atom is 0.422 e. The van der Waals surface area contributed by atoms with Crippen molar-refractivity contribution >= 4 is 17.7 Å². The molecule has 0 aromatic heterocycles. The average molecular weight is 339 g/mol. The largest absolute Gasteiger partial charge is 0.482 e. The fraction of sp³-hybridized carbons (Fsp3) is 0.118. The number of benzene rings is 2. The maximum absolute atomic E-state index is 13.0. The average Bonchev–Trinajstić information content (AvgIpc) is 2.51. The minimum absolute atomic E-state index is 0.0951. The number of carbonyl (C=O) groups excluding carboxylic acids is 1. The fourth-order valence-electron chi connectivity index (χ4n) is 1.81. The summed E-state index contributed by atoms with van der Waals surface area (Å²) in [5.74, 6) is -1.12. The molecule has 0 spiro atoms. The van der Waals surface area contributed by atoms with Crippen molar-refractivity contribution in [2.75, 3.05) is 11.9 Å². The van der Waals surface area contributed by atoms with Crippen molar-refractivity contribution in [1.29, 1.82) is 0 Å². The standard InChI is InChI=1S/C17H13F4NO2/c18-13-5-3-4-12(10-13)8-9-16(23)22-14-6-1-2-7-15(14)24-11-17(19,20)21/h1-10H,11H2,(H,22,23)/b9-8+. The third-order valence-corrected chi connectivity index (χ3v) is 2.81. The molecule has 7 heteroatoms. The molecule has 2 aromatic carbocycles. The Labute approximate surface area is 135 Å². The number of hydrogen-bond acceptors (Lipinski definition) is 2. The van der Waals surface area contributed by atoms with Crippen LogP contribution in [0.3, 0.4) is 0 Å². The topological polar surface area (TPSA) is 38.3 Å². The zero-order valence-electron chi connectivity index (χ0n) is 12.3. The second-order valence-electron chi connectivity index (χ2n) is 4.78. The highest BCUT2D eigenvalue weighted by molar-refractivity contribution is 6.02. The van der Waals surface area contributed by atoms with E-state index in [4.69, 9.17) is 0 Å². The molecule has 0 saturated carbocycles. The van der Waals surface area contributed by atoms with E-state index in [9.17, 15) is 22.4 Å². The quantitative estimate of drug-likeness (QED) is 0.647. The van der Waals surface area contributed by atoms with E-state index in [2.05, 4.69) is 10.1 Å². The molecule has 1 N–H and O–H groups in total. The number of para-hydroxylation sites is 2. The van der Waals surface area contributed by atoms with Gasteiger partial charge in [-0.3, -0.25) is 4.79 Å². The van der Waals surface area contributed by atoms with Crippen LogP contribution in [0.15, 0.2) is 54.6 Å². The maximum atomic E-state index is 13.0. The Morgan fingerprint density at radius 1 is 1.12 bits per heavy atom. The summed E-state index contributed by atoms with van der Waals surface area (Å²) >= 11 is 0. The monoisotopic (exact) mass is 339 g/mol. The number of rotatable bonds is 5. The van der Waals surface area contributed by atoms with Gasteiger partial charge < -0.3 is 10.1 Å². The van der Waals surface area contributed by atoms with E-state index in [0.29, 0.717) is 5.56 Å². The van der Waals surface area contributed by atoms with Crippen LogP contribution in [0.5, 0.6) is 5.75 Å². The summed E-state index contributed by atoms with van der Waals surface area (Å²) in [5, 5.41) is 2.42. The van der Waals surface area contributed by atoms with Gasteiger partial charge in [0.1, 0.15) is 11.6 Å². The van der Waals surface area contributed by atoms with Crippen molar-refractivity contribution in [2.24, 2.45) is 0 Å². The van der Waals surface area contributed by atoms with Crippen LogP contribution in [0.2, 0.25) is 0 Å². The van der Waals surface area contributed by atoms with Gasteiger partial charge in [-0.05, 0) is 35.9 Å². The van der Waals surface area contributed by atoms with Gasteiger partial charge in [-0.15, -0.1) is 0 Å². The van der Waals surface area contributed by atoms with Crippen molar-refractivity contribution in [3.8, 4) is 5.75 Å². The summed E-state index contributed by atoms with van der Waals surface area (Å²) in [4.78, 5) is 11.9. The van der Waals surface area contributed by atoms with Gasteiger partial charge in [-0.25, -0.2) is 4.39 Å². The summed E-state index contributed by atoms with van der Waals surface area (Å²) < 4.78 is 54.4. The van der Waals surface area contributed by atoms with Crippen molar-refractivity contribution in [3.05, 3.63) is 66.0 Å². The molecule has 0 aliphatic carbocycles. The molecule has 0 fully saturated rings. The third-order valence-electron chi connectivity index (χ3n) is 2.81. The van der Waals surface area contributed by atoms with Gasteiger partial charge in [0.05, 0.1) is 5.69 Å². The Hall–Kier alpha value is -2.83. The molecule has 2 rings (SSSR count). The Bertz CT molecular complexity index is 741. The first-order chi connectivity index (χ1) is 11.3. The highest BCUT2D eigenvalue weighted by Gasteiger charge is 2.28. The smallest absolute Gasteiger partial charge is 0.422 e. The number of anilines is 1. The first kappa shape index (κ1) is 17.5. The second-order valence-corrected chi connectivity index (χ2v) is 4.78. The molecule has 126 valence electrons. The van der Waals surface area contributed by atoms with E-state index in [1.165, 1.54) is 42.5 Å². The lowest BCUT2D eigenvalue weighted by Gasteiger charge is -2.13. The number of hydrogen-bond donors (Lipinski definition) is 1. The Balaban J connectivity index is 2.03. The van der Waals surface area contributed by atoms with E-state index in [-0.39, 0.29) is 11.4 Å². The van der Waals surface area contributed by atoms with Gasteiger partial charge in [-0.1, -0.05) is 24.3 Å². The number of alkyl halides is 3. The van der Waals surface area contributed by atoms with Gasteiger partial charge in [0.15, 0.2) is 6.61 Å². The van der Waals surface area contributed by atoms with Gasteiger partial charge in [-0.2, -0.15) is 13.2 Å². The summed E-state index contributed by atoms with van der Waals surface area (Å²) in [6.45, 7) is -1.46. The summed E-state index contributed by atoms with van der Waals surface area (Å²) in [6.07, 6.45) is -1.94. The molecule has 0 atom stereocenters. The SMILES string of the molecule is O=C(/C=C/c1cccc(F)c1)Nc1ccccc1OCC(F)(F)F. The molecule has 3 nitrogen and oxygen atoms in total. The minimum Gasteiger partial charge on any atom is -0.482 e. The van der Waals surface area contributed by atoms with E-state index >= 15 is 0 Å². The minimum atomic E-state index is -4.48. The normalized spacial score (nSPS) is 11.5. The second kappa shape index (κ2) is 7.63. The highest BCUT2D eigenvalue weighted by Crippen LogP contribution is 2.26. The zero-order valence-corrected chi connectivity index (χ0v) is 12.3. The number of carbonyl (C=O) groups is 1. The molecular weight excluding hydrogens is 326 g/mol. The Morgan fingerprint density at radius 2 is 1.88 bits per heavy atom. The molecular formula is C17H13F4NO2. The molecule has 0 bridgehead atoms. The van der Waals surface area contributed by atoms with E-state index in [1.54, 1.807) is 12.1 Å². The van der Waals surface area contributed by atoms with Crippen LogP contribution in [0, 0.1) is 5.82 Å². The Morgan fingerprint density at radius 3 is 2.58 bits per heavy atom. The molecule has 0 aliphatic rings. The first-order valence-corrected chi connectivity index (χ1v) is 6.87. The summed E-state index contributed by atoms with van der Waals surface area (Å²) in [7, 11) is 0. The lowest BCUT2D eigenvalue weighted by atomic mass is 10.2. The van der Waals surface area contributed by atoms with Crippen LogP contribution in [-0.2, 0) is 4.79 Å². The van der Waals surface area contributed by atoms with Crippen LogP contribution in [0.1, 0.15) is 5.56 Å². The van der Waals surface area contributed by atoms with Gasteiger partial charge in [0, 0.05) is 6.08 Å². The molecule has 0 heterocycles. The fourth-order valence-corrected chi connectivity index (χ4v) is 1.81. The molecule has 1 amide bonds. The van der Waals surface area contributed by atoms with Gasteiger partial charge in [0.25, 0.3) is 0 Å². The van der Waals surface area contributed by atoms with Crippen molar-refractivity contribution in [1.82, 2.24) is 0 Å². The van der Waals surface area contributed by atoms with E-state index in [1.807, 2.05) is 0 Å². The van der Waals surface area contributed by atoms with Crippen molar-refractivity contribution in [3.63, 3.8) is 0 Å². The summed E-state index contributed by atoms with van der Waals surface area (Å²) in [6, 6.07) is 11.4. The van der Waals surface area contributed by atoms with Crippen LogP contribution in [0.25, 0.3) is 6.08 Å². The molecule has 0 saturated heterocycles. The van der Waals surface area contributed by atoms with Gasteiger partial charge >= 0.3 is 6.18 Å². The van der Waals surface area contributed by atoms with Gasteiger partial charge in [0.2, 0.25) is 5.91 Å². The van der Waals surface area contributed by atoms with Crippen LogP contribution >= 0.6 is 0 Å². The first-order valence-electron chi connectivity index (χ1n) is 6.87. The number of nitrogens with one attached hydrogen (secondary N) is 1.